The van der Waals surface area contributed by atoms with Crippen LogP contribution in [0, 0.1) is 0 Å². The minimum atomic E-state index is 0.538. The molecule has 0 amide bonds. The van der Waals surface area contributed by atoms with Crippen LogP contribution in [-0.4, -0.2) is 6.91 Å². The van der Waals surface area contributed by atoms with Crippen LogP contribution >= 0.6 is 0 Å². The van der Waals surface area contributed by atoms with E-state index in [0.29, 0.717) is 17.8 Å². The molecular formula is C20H27B. The summed E-state index contributed by atoms with van der Waals surface area (Å²) in [5.41, 5.74) is 7.22. The van der Waals surface area contributed by atoms with Crippen molar-refractivity contribution in [2.24, 2.45) is 0 Å². The van der Waals surface area contributed by atoms with Gasteiger partial charge < -0.3 is 0 Å². The molecular weight excluding hydrogens is 251 g/mol. The second kappa shape index (κ2) is 6.60. The number of benzene rings is 1. The summed E-state index contributed by atoms with van der Waals surface area (Å²) >= 11 is 0. The standard InChI is InChI=1S/C20H27B/c1-13(2)17-12-18(14(3)4)21-20(15(5)6)19(17)16-10-8-7-9-11-16/h7-15H,1-6H3. The third-order valence-corrected chi connectivity index (χ3v) is 4.19. The zero-order valence-corrected chi connectivity index (χ0v) is 14.3. The molecule has 0 aliphatic carbocycles. The minimum absolute atomic E-state index is 0.538. The first-order valence-corrected chi connectivity index (χ1v) is 8.15. The fourth-order valence-electron chi connectivity index (χ4n) is 2.89. The van der Waals surface area contributed by atoms with Crippen molar-refractivity contribution < 1.29 is 0 Å². The Morgan fingerprint density at radius 1 is 0.762 bits per heavy atom. The Bertz CT molecular complexity index is 565. The molecule has 1 heterocycles. The van der Waals surface area contributed by atoms with Gasteiger partial charge in [0.25, 0.3) is 0 Å². The van der Waals surface area contributed by atoms with Gasteiger partial charge in [0.05, 0.1) is 0 Å². The third kappa shape index (κ3) is 3.45. The summed E-state index contributed by atoms with van der Waals surface area (Å²) in [6.07, 6.45) is 0. The molecule has 0 saturated heterocycles. The molecule has 0 N–H and O–H groups in total. The average Bonchev–Trinajstić information content (AvgIpc) is 2.46. The van der Waals surface area contributed by atoms with Crippen molar-refractivity contribution in [3.8, 4) is 11.1 Å². The summed E-state index contributed by atoms with van der Waals surface area (Å²) in [6.45, 7) is 16.2. The van der Waals surface area contributed by atoms with E-state index < -0.39 is 0 Å². The van der Waals surface area contributed by atoms with E-state index in [4.69, 9.17) is 0 Å². The van der Waals surface area contributed by atoms with E-state index in [9.17, 15) is 0 Å². The van der Waals surface area contributed by atoms with Crippen LogP contribution in [0.2, 0.25) is 0 Å². The Kier molecular flexibility index (Phi) is 5.03. The van der Waals surface area contributed by atoms with E-state index in [1.165, 1.54) is 27.6 Å². The third-order valence-electron chi connectivity index (χ3n) is 4.19. The van der Waals surface area contributed by atoms with Crippen molar-refractivity contribution in [2.45, 2.75) is 59.3 Å². The molecule has 2 rings (SSSR count). The predicted octanol–water partition coefficient (Wildman–Crippen LogP) is 6.06. The Labute approximate surface area is 130 Å². The Hall–Kier alpha value is -1.37. The van der Waals surface area contributed by atoms with Crippen molar-refractivity contribution in [3.05, 3.63) is 52.9 Å². The summed E-state index contributed by atoms with van der Waals surface area (Å²) in [7, 11) is 0. The molecule has 110 valence electrons. The van der Waals surface area contributed by atoms with Crippen molar-refractivity contribution in [1.82, 2.24) is 0 Å². The van der Waals surface area contributed by atoms with Gasteiger partial charge in [-0.05, 0) is 0 Å². The van der Waals surface area contributed by atoms with Gasteiger partial charge in [0.15, 0.2) is 0 Å². The maximum absolute atomic E-state index is 2.42. The predicted molar refractivity (Wildman–Crippen MR) is 95.5 cm³/mol. The molecule has 0 aliphatic heterocycles. The van der Waals surface area contributed by atoms with Gasteiger partial charge in [0.2, 0.25) is 0 Å². The SMILES string of the molecule is CC(C)c1bc(C(C)C)c(-c2ccccc2)c(C(C)C)c1. The van der Waals surface area contributed by atoms with Crippen molar-refractivity contribution >= 4 is 6.91 Å². The van der Waals surface area contributed by atoms with Gasteiger partial charge in [-0.1, -0.05) is 0 Å². The van der Waals surface area contributed by atoms with Crippen LogP contribution in [0.1, 0.15) is 75.8 Å². The van der Waals surface area contributed by atoms with Gasteiger partial charge in [0, 0.05) is 0 Å². The van der Waals surface area contributed by atoms with Gasteiger partial charge >= 0.3 is 130 Å². The molecule has 1 aromatic carbocycles. The summed E-state index contributed by atoms with van der Waals surface area (Å²) in [6, 6.07) is 13.3. The fourth-order valence-corrected chi connectivity index (χ4v) is 2.89. The molecule has 0 atom stereocenters. The maximum atomic E-state index is 2.42. The fraction of sp³-hybridized carbons (Fsp3) is 0.450. The molecule has 0 nitrogen and oxygen atoms in total. The van der Waals surface area contributed by atoms with Gasteiger partial charge in [-0.3, -0.25) is 0 Å². The van der Waals surface area contributed by atoms with Crippen LogP contribution in [0.25, 0.3) is 11.1 Å². The molecule has 0 saturated carbocycles. The van der Waals surface area contributed by atoms with Gasteiger partial charge in [-0.2, -0.15) is 0 Å². The van der Waals surface area contributed by atoms with Crippen molar-refractivity contribution in [1.29, 1.82) is 0 Å². The Balaban J connectivity index is 2.77. The number of hydrogen-bond acceptors (Lipinski definition) is 0. The molecule has 1 heteroatoms. The van der Waals surface area contributed by atoms with Crippen molar-refractivity contribution in [3.63, 3.8) is 0 Å². The van der Waals surface area contributed by atoms with Gasteiger partial charge in [-0.25, -0.2) is 0 Å². The van der Waals surface area contributed by atoms with E-state index in [2.05, 4.69) is 84.9 Å². The van der Waals surface area contributed by atoms with E-state index in [1.54, 1.807) is 0 Å². The van der Waals surface area contributed by atoms with E-state index in [1.807, 2.05) is 0 Å². The summed E-state index contributed by atoms with van der Waals surface area (Å²) in [5, 5.41) is 0. The second-order valence-electron chi connectivity index (χ2n) is 6.90. The summed E-state index contributed by atoms with van der Waals surface area (Å²) < 4.78 is 0. The summed E-state index contributed by atoms with van der Waals surface area (Å²) in [5.74, 6) is 1.65. The van der Waals surface area contributed by atoms with Crippen LogP contribution in [0.5, 0.6) is 0 Å². The second-order valence-corrected chi connectivity index (χ2v) is 6.90. The molecule has 0 aliphatic rings. The first-order chi connectivity index (χ1) is 9.91. The first-order valence-electron chi connectivity index (χ1n) is 8.15. The average molecular weight is 278 g/mol. The van der Waals surface area contributed by atoms with Gasteiger partial charge in [0.1, 0.15) is 0 Å². The Morgan fingerprint density at radius 3 is 1.86 bits per heavy atom. The quantitative estimate of drug-likeness (QED) is 0.637. The van der Waals surface area contributed by atoms with Crippen molar-refractivity contribution in [2.75, 3.05) is 0 Å². The molecule has 0 spiro atoms. The van der Waals surface area contributed by atoms with E-state index in [0.717, 1.165) is 0 Å². The molecule has 0 radical (unpaired) electrons. The zero-order chi connectivity index (χ0) is 15.6. The number of rotatable bonds is 4. The Morgan fingerprint density at radius 2 is 1.38 bits per heavy atom. The van der Waals surface area contributed by atoms with Crippen LogP contribution in [0.15, 0.2) is 36.4 Å². The molecule has 0 unspecified atom stereocenters. The molecule has 0 fully saturated rings. The van der Waals surface area contributed by atoms with Gasteiger partial charge in [-0.15, -0.1) is 0 Å². The molecule has 2 aromatic rings. The molecule has 0 bridgehead atoms. The van der Waals surface area contributed by atoms with Crippen LogP contribution in [0.4, 0.5) is 0 Å². The monoisotopic (exact) mass is 278 g/mol. The van der Waals surface area contributed by atoms with E-state index in [-0.39, 0.29) is 0 Å². The molecule has 1 aromatic heterocycles. The normalized spacial score (nSPS) is 11.5. The van der Waals surface area contributed by atoms with Crippen LogP contribution in [0.3, 0.4) is 0 Å². The van der Waals surface area contributed by atoms with E-state index >= 15 is 0 Å². The van der Waals surface area contributed by atoms with Crippen LogP contribution < -0.4 is 0 Å². The number of hydrogen-bond donors (Lipinski definition) is 0. The topological polar surface area (TPSA) is 0 Å². The first kappa shape index (κ1) is 16.0. The van der Waals surface area contributed by atoms with Crippen LogP contribution in [-0.2, 0) is 0 Å². The zero-order valence-electron chi connectivity index (χ0n) is 14.3. The molecule has 21 heavy (non-hydrogen) atoms. The summed E-state index contributed by atoms with van der Waals surface area (Å²) in [4.78, 5) is 0.